The number of amides is 1. The highest BCUT2D eigenvalue weighted by molar-refractivity contribution is 5.92. The first-order valence-corrected chi connectivity index (χ1v) is 7.37. The van der Waals surface area contributed by atoms with Crippen LogP contribution in [0.25, 0.3) is 0 Å². The van der Waals surface area contributed by atoms with Crippen molar-refractivity contribution in [1.82, 2.24) is 0 Å². The van der Waals surface area contributed by atoms with E-state index in [0.717, 1.165) is 5.56 Å². The summed E-state index contributed by atoms with van der Waals surface area (Å²) >= 11 is 0. The van der Waals surface area contributed by atoms with Crippen LogP contribution in [0.3, 0.4) is 0 Å². The Kier molecular flexibility index (Phi) is 5.89. The molecule has 0 saturated heterocycles. The maximum absolute atomic E-state index is 12.1. The summed E-state index contributed by atoms with van der Waals surface area (Å²) in [6, 6.07) is 10.8. The Morgan fingerprint density at radius 2 is 1.58 bits per heavy atom. The number of nitrogens with one attached hydrogen (secondary N) is 1. The lowest BCUT2D eigenvalue weighted by atomic mass is 10.2. The van der Waals surface area contributed by atoms with E-state index in [4.69, 9.17) is 18.9 Å². The molecule has 0 unspecified atom stereocenters. The van der Waals surface area contributed by atoms with Gasteiger partial charge in [0.15, 0.2) is 18.1 Å². The van der Waals surface area contributed by atoms with E-state index in [9.17, 15) is 4.79 Å². The Balaban J connectivity index is 2.07. The van der Waals surface area contributed by atoms with Gasteiger partial charge in [-0.05, 0) is 18.6 Å². The number of carbonyl (C=O) groups excluding carboxylic acids is 1. The molecule has 2 aromatic carbocycles. The third-order valence-electron chi connectivity index (χ3n) is 3.40. The highest BCUT2D eigenvalue weighted by atomic mass is 16.5. The van der Waals surface area contributed by atoms with Gasteiger partial charge < -0.3 is 24.3 Å². The molecular weight excluding hydrogens is 310 g/mol. The van der Waals surface area contributed by atoms with Crippen LogP contribution in [0, 0.1) is 6.92 Å². The Labute approximate surface area is 141 Å². The van der Waals surface area contributed by atoms with Crippen molar-refractivity contribution in [3.05, 3.63) is 42.0 Å². The first kappa shape index (κ1) is 17.5. The highest BCUT2D eigenvalue weighted by Crippen LogP contribution is 2.39. The number of hydrogen-bond donors (Lipinski definition) is 1. The van der Waals surface area contributed by atoms with Crippen LogP contribution in [-0.2, 0) is 4.79 Å². The minimum atomic E-state index is -0.285. The average molecular weight is 331 g/mol. The molecule has 0 radical (unpaired) electrons. The fourth-order valence-electron chi connectivity index (χ4n) is 2.21. The molecule has 24 heavy (non-hydrogen) atoms. The molecule has 1 N–H and O–H groups in total. The van der Waals surface area contributed by atoms with Crippen LogP contribution in [0.2, 0.25) is 0 Å². The van der Waals surface area contributed by atoms with Gasteiger partial charge in [-0.15, -0.1) is 0 Å². The van der Waals surface area contributed by atoms with Crippen molar-refractivity contribution in [2.24, 2.45) is 0 Å². The molecule has 2 rings (SSSR count). The van der Waals surface area contributed by atoms with Crippen molar-refractivity contribution in [2.45, 2.75) is 6.92 Å². The van der Waals surface area contributed by atoms with Crippen LogP contribution in [0.1, 0.15) is 5.56 Å². The van der Waals surface area contributed by atoms with Crippen LogP contribution in [0.5, 0.6) is 23.0 Å². The molecule has 2 aromatic rings. The van der Waals surface area contributed by atoms with Crippen LogP contribution >= 0.6 is 0 Å². The molecule has 6 nitrogen and oxygen atoms in total. The molecule has 0 saturated carbocycles. The van der Waals surface area contributed by atoms with Gasteiger partial charge in [-0.3, -0.25) is 4.79 Å². The molecule has 0 aromatic heterocycles. The molecule has 0 atom stereocenters. The number of benzene rings is 2. The first-order valence-electron chi connectivity index (χ1n) is 7.37. The third-order valence-corrected chi connectivity index (χ3v) is 3.40. The Hall–Kier alpha value is -2.89. The summed E-state index contributed by atoms with van der Waals surface area (Å²) in [5.41, 5.74) is 1.50. The molecule has 0 fully saturated rings. The van der Waals surface area contributed by atoms with Gasteiger partial charge in [0, 0.05) is 17.8 Å². The van der Waals surface area contributed by atoms with Gasteiger partial charge in [0.05, 0.1) is 21.3 Å². The number of rotatable bonds is 7. The van der Waals surface area contributed by atoms with Crippen molar-refractivity contribution < 1.29 is 23.7 Å². The lowest BCUT2D eigenvalue weighted by Gasteiger charge is -2.15. The molecule has 1 amide bonds. The van der Waals surface area contributed by atoms with Gasteiger partial charge in [0.1, 0.15) is 5.75 Å². The molecule has 0 aliphatic carbocycles. The lowest BCUT2D eigenvalue weighted by molar-refractivity contribution is -0.118. The van der Waals surface area contributed by atoms with Crippen LogP contribution in [-0.4, -0.2) is 33.8 Å². The second-order valence-corrected chi connectivity index (χ2v) is 5.02. The summed E-state index contributed by atoms with van der Waals surface area (Å²) in [7, 11) is 4.56. The zero-order valence-corrected chi connectivity index (χ0v) is 14.2. The predicted molar refractivity (Wildman–Crippen MR) is 91.4 cm³/mol. The summed E-state index contributed by atoms with van der Waals surface area (Å²) in [6.07, 6.45) is 0. The molecule has 6 heteroatoms. The van der Waals surface area contributed by atoms with Crippen LogP contribution in [0.4, 0.5) is 5.69 Å². The van der Waals surface area contributed by atoms with Crippen molar-refractivity contribution in [3.63, 3.8) is 0 Å². The van der Waals surface area contributed by atoms with E-state index in [2.05, 4.69) is 5.32 Å². The number of hydrogen-bond acceptors (Lipinski definition) is 5. The smallest absolute Gasteiger partial charge is 0.262 e. The minimum Gasteiger partial charge on any atom is -0.493 e. The molecule has 0 aliphatic rings. The second-order valence-electron chi connectivity index (χ2n) is 5.02. The largest absolute Gasteiger partial charge is 0.493 e. The topological polar surface area (TPSA) is 66.0 Å². The SMILES string of the molecule is COc1cc(NC(=O)COc2ccccc2C)cc(OC)c1OC. The summed E-state index contributed by atoms with van der Waals surface area (Å²) in [6.45, 7) is 1.83. The summed E-state index contributed by atoms with van der Waals surface area (Å²) < 4.78 is 21.3. The summed E-state index contributed by atoms with van der Waals surface area (Å²) in [4.78, 5) is 12.1. The highest BCUT2D eigenvalue weighted by Gasteiger charge is 2.14. The van der Waals surface area contributed by atoms with Crippen molar-refractivity contribution in [3.8, 4) is 23.0 Å². The number of para-hydroxylation sites is 1. The number of methoxy groups -OCH3 is 3. The van der Waals surface area contributed by atoms with Crippen molar-refractivity contribution >= 4 is 11.6 Å². The van der Waals surface area contributed by atoms with E-state index in [1.165, 1.54) is 21.3 Å². The quantitative estimate of drug-likeness (QED) is 0.845. The minimum absolute atomic E-state index is 0.0957. The van der Waals surface area contributed by atoms with E-state index in [1.54, 1.807) is 12.1 Å². The van der Waals surface area contributed by atoms with Gasteiger partial charge in [0.25, 0.3) is 5.91 Å². The van der Waals surface area contributed by atoms with E-state index in [0.29, 0.717) is 28.7 Å². The summed E-state index contributed by atoms with van der Waals surface area (Å²) in [5.74, 6) is 1.79. The van der Waals surface area contributed by atoms with Crippen LogP contribution < -0.4 is 24.3 Å². The van der Waals surface area contributed by atoms with E-state index in [1.807, 2.05) is 31.2 Å². The van der Waals surface area contributed by atoms with Crippen LogP contribution in [0.15, 0.2) is 36.4 Å². The maximum atomic E-state index is 12.1. The Bertz CT molecular complexity index is 689. The van der Waals surface area contributed by atoms with Crippen molar-refractivity contribution in [2.75, 3.05) is 33.3 Å². The zero-order chi connectivity index (χ0) is 17.5. The Morgan fingerprint density at radius 3 is 2.12 bits per heavy atom. The zero-order valence-electron chi connectivity index (χ0n) is 14.2. The van der Waals surface area contributed by atoms with E-state index < -0.39 is 0 Å². The van der Waals surface area contributed by atoms with E-state index >= 15 is 0 Å². The molecule has 0 aliphatic heterocycles. The van der Waals surface area contributed by atoms with Gasteiger partial charge in [-0.2, -0.15) is 0 Å². The molecule has 0 spiro atoms. The number of aryl methyl sites for hydroxylation is 1. The monoisotopic (exact) mass is 331 g/mol. The first-order chi connectivity index (χ1) is 11.6. The maximum Gasteiger partial charge on any atom is 0.262 e. The number of carbonyl (C=O) groups is 1. The Morgan fingerprint density at radius 1 is 0.958 bits per heavy atom. The second kappa shape index (κ2) is 8.10. The fraction of sp³-hybridized carbons (Fsp3) is 0.278. The molecule has 128 valence electrons. The standard InChI is InChI=1S/C18H21NO5/c1-12-7-5-6-8-14(12)24-11-17(20)19-13-9-15(21-2)18(23-4)16(10-13)22-3/h5-10H,11H2,1-4H3,(H,19,20). The average Bonchev–Trinajstić information content (AvgIpc) is 2.60. The van der Waals surface area contributed by atoms with Gasteiger partial charge in [-0.25, -0.2) is 0 Å². The number of ether oxygens (including phenoxy) is 4. The molecule has 0 bridgehead atoms. The lowest BCUT2D eigenvalue weighted by Crippen LogP contribution is -2.20. The summed E-state index contributed by atoms with van der Waals surface area (Å²) in [5, 5.41) is 2.75. The van der Waals surface area contributed by atoms with Gasteiger partial charge >= 0.3 is 0 Å². The normalized spacial score (nSPS) is 10.0. The van der Waals surface area contributed by atoms with Crippen molar-refractivity contribution in [1.29, 1.82) is 0 Å². The predicted octanol–water partition coefficient (Wildman–Crippen LogP) is 3.04. The molecular formula is C18H21NO5. The molecule has 0 heterocycles. The number of anilines is 1. The van der Waals surface area contributed by atoms with E-state index in [-0.39, 0.29) is 12.5 Å². The fourth-order valence-corrected chi connectivity index (χ4v) is 2.21. The van der Waals surface area contributed by atoms with Gasteiger partial charge in [0.2, 0.25) is 5.75 Å². The van der Waals surface area contributed by atoms with Gasteiger partial charge in [-0.1, -0.05) is 18.2 Å². The third kappa shape index (κ3) is 4.10.